The third-order valence-corrected chi connectivity index (χ3v) is 3.86. The van der Waals surface area contributed by atoms with Crippen LogP contribution in [-0.4, -0.2) is 21.1 Å². The number of hydrogen-bond acceptors (Lipinski definition) is 4. The van der Waals surface area contributed by atoms with E-state index >= 15 is 0 Å². The lowest BCUT2D eigenvalue weighted by Crippen LogP contribution is -2.18. The third kappa shape index (κ3) is 2.57. The number of aromatic amines is 1. The summed E-state index contributed by atoms with van der Waals surface area (Å²) in [4.78, 5) is 21.5. The topological polar surface area (TPSA) is 49.0 Å². The second-order valence-corrected chi connectivity index (χ2v) is 5.43. The summed E-state index contributed by atoms with van der Waals surface area (Å²) in [5.74, 6) is 0. The van der Waals surface area contributed by atoms with Gasteiger partial charge in [-0.1, -0.05) is 42.1 Å². The second kappa shape index (κ2) is 5.19. The van der Waals surface area contributed by atoms with E-state index in [4.69, 9.17) is 0 Å². The van der Waals surface area contributed by atoms with Gasteiger partial charge < -0.3 is 4.98 Å². The van der Waals surface area contributed by atoms with Crippen LogP contribution >= 0.6 is 11.8 Å². The minimum atomic E-state index is 0.00455. The highest BCUT2D eigenvalue weighted by Gasteiger charge is 2.23. The molecular formula is C14H15N3OS. The van der Waals surface area contributed by atoms with E-state index < -0.39 is 0 Å². The minimum absolute atomic E-state index is 0.00455. The van der Waals surface area contributed by atoms with E-state index in [2.05, 4.69) is 27.0 Å². The van der Waals surface area contributed by atoms with Gasteiger partial charge in [0.05, 0.1) is 11.3 Å². The number of fused-ring (bicyclic) bond motifs is 1. The Morgan fingerprint density at radius 2 is 2.11 bits per heavy atom. The van der Waals surface area contributed by atoms with Crippen LogP contribution in [0.3, 0.4) is 0 Å². The lowest BCUT2D eigenvalue weighted by atomic mass is 10.2. The summed E-state index contributed by atoms with van der Waals surface area (Å²) in [7, 11) is 0. The fraction of sp³-hybridized carbons (Fsp3) is 0.286. The van der Waals surface area contributed by atoms with E-state index in [1.807, 2.05) is 24.5 Å². The van der Waals surface area contributed by atoms with Crippen LogP contribution in [0.5, 0.6) is 0 Å². The lowest BCUT2D eigenvalue weighted by Gasteiger charge is -2.13. The van der Waals surface area contributed by atoms with E-state index in [1.54, 1.807) is 0 Å². The zero-order valence-electron chi connectivity index (χ0n) is 10.7. The lowest BCUT2D eigenvalue weighted by molar-refractivity contribution is 0.273. The Balaban J connectivity index is 1.81. The number of nitrogens with zero attached hydrogens (tertiary/aromatic N) is 2. The van der Waals surface area contributed by atoms with Crippen LogP contribution in [0.25, 0.3) is 0 Å². The molecule has 0 radical (unpaired) electrons. The monoisotopic (exact) mass is 273 g/mol. The Morgan fingerprint density at radius 1 is 1.32 bits per heavy atom. The number of aromatic nitrogens is 2. The van der Waals surface area contributed by atoms with Gasteiger partial charge in [0.15, 0.2) is 5.16 Å². The van der Waals surface area contributed by atoms with Gasteiger partial charge in [-0.15, -0.1) is 0 Å². The van der Waals surface area contributed by atoms with Crippen molar-refractivity contribution in [2.75, 3.05) is 6.26 Å². The predicted octanol–water partition coefficient (Wildman–Crippen LogP) is 2.01. The molecular weight excluding hydrogens is 258 g/mol. The average Bonchev–Trinajstić information content (AvgIpc) is 2.83. The van der Waals surface area contributed by atoms with E-state index in [0.717, 1.165) is 24.3 Å². The van der Waals surface area contributed by atoms with Gasteiger partial charge in [0.1, 0.15) is 0 Å². The number of benzene rings is 1. The number of nitrogens with one attached hydrogen (secondary N) is 1. The molecule has 0 unspecified atom stereocenters. The first-order valence-corrected chi connectivity index (χ1v) is 7.41. The fourth-order valence-electron chi connectivity index (χ4n) is 2.36. The molecule has 1 aliphatic rings. The van der Waals surface area contributed by atoms with Crippen LogP contribution in [0, 0.1) is 0 Å². The molecule has 0 spiro atoms. The molecule has 98 valence electrons. The van der Waals surface area contributed by atoms with Crippen molar-refractivity contribution >= 4 is 11.8 Å². The summed E-state index contributed by atoms with van der Waals surface area (Å²) in [5, 5.41) is 0.699. The first kappa shape index (κ1) is 12.4. The molecule has 5 heteroatoms. The zero-order valence-corrected chi connectivity index (χ0v) is 11.5. The van der Waals surface area contributed by atoms with Gasteiger partial charge in [-0.05, 0) is 11.8 Å². The van der Waals surface area contributed by atoms with Crippen molar-refractivity contribution in [3.8, 4) is 0 Å². The summed E-state index contributed by atoms with van der Waals surface area (Å²) in [5.41, 5.74) is 3.00. The van der Waals surface area contributed by atoms with Gasteiger partial charge in [0.25, 0.3) is 5.56 Å². The van der Waals surface area contributed by atoms with Gasteiger partial charge in [0, 0.05) is 19.6 Å². The van der Waals surface area contributed by atoms with Gasteiger partial charge in [-0.25, -0.2) is 4.98 Å². The summed E-state index contributed by atoms with van der Waals surface area (Å²) < 4.78 is 0. The molecule has 2 aromatic rings. The van der Waals surface area contributed by atoms with Gasteiger partial charge in [-0.2, -0.15) is 0 Å². The van der Waals surface area contributed by atoms with E-state index in [9.17, 15) is 4.79 Å². The molecule has 1 aliphatic heterocycles. The maximum Gasteiger partial charge on any atom is 0.256 e. The smallest absolute Gasteiger partial charge is 0.256 e. The highest BCUT2D eigenvalue weighted by atomic mass is 32.2. The van der Waals surface area contributed by atoms with E-state index in [0.29, 0.717) is 11.7 Å². The van der Waals surface area contributed by atoms with Crippen molar-refractivity contribution in [2.24, 2.45) is 0 Å². The van der Waals surface area contributed by atoms with Crippen LogP contribution in [-0.2, 0) is 19.6 Å². The SMILES string of the molecule is CSc1nc2c(c(=O)[nH]1)CN(Cc1ccccc1)C2. The summed E-state index contributed by atoms with van der Waals surface area (Å²) in [6, 6.07) is 10.3. The van der Waals surface area contributed by atoms with Crippen molar-refractivity contribution in [3.63, 3.8) is 0 Å². The Hall–Kier alpha value is -1.59. The minimum Gasteiger partial charge on any atom is -0.301 e. The molecule has 0 fully saturated rings. The molecule has 0 saturated carbocycles. The summed E-state index contributed by atoms with van der Waals surface area (Å²) in [6.07, 6.45) is 1.92. The zero-order chi connectivity index (χ0) is 13.2. The summed E-state index contributed by atoms with van der Waals surface area (Å²) in [6.45, 7) is 2.29. The predicted molar refractivity (Wildman–Crippen MR) is 76.0 cm³/mol. The molecule has 3 rings (SSSR count). The van der Waals surface area contributed by atoms with Crippen molar-refractivity contribution in [2.45, 2.75) is 24.8 Å². The molecule has 1 N–H and O–H groups in total. The highest BCUT2D eigenvalue weighted by Crippen LogP contribution is 2.21. The first-order valence-electron chi connectivity index (χ1n) is 6.18. The largest absolute Gasteiger partial charge is 0.301 e. The van der Waals surface area contributed by atoms with Gasteiger partial charge >= 0.3 is 0 Å². The molecule has 1 aromatic carbocycles. The summed E-state index contributed by atoms with van der Waals surface area (Å²) >= 11 is 1.47. The molecule has 0 aliphatic carbocycles. The van der Waals surface area contributed by atoms with Crippen molar-refractivity contribution in [3.05, 3.63) is 57.5 Å². The number of thioether (sulfide) groups is 1. The van der Waals surface area contributed by atoms with Crippen LogP contribution in [0.15, 0.2) is 40.3 Å². The Bertz CT molecular complexity index is 639. The Morgan fingerprint density at radius 3 is 2.84 bits per heavy atom. The Kier molecular flexibility index (Phi) is 3.40. The molecule has 0 bridgehead atoms. The molecule has 1 aromatic heterocycles. The maximum absolute atomic E-state index is 12.0. The van der Waals surface area contributed by atoms with Crippen LogP contribution in [0.4, 0.5) is 0 Å². The number of rotatable bonds is 3. The Labute approximate surface area is 115 Å². The molecule has 2 heterocycles. The first-order chi connectivity index (χ1) is 9.26. The maximum atomic E-state index is 12.0. The van der Waals surface area contributed by atoms with E-state index in [1.165, 1.54) is 17.3 Å². The molecule has 0 saturated heterocycles. The van der Waals surface area contributed by atoms with Crippen LogP contribution in [0.1, 0.15) is 16.8 Å². The molecule has 4 nitrogen and oxygen atoms in total. The standard InChI is InChI=1S/C14H15N3OS/c1-19-14-15-12-9-17(8-11(12)13(18)16-14)7-10-5-3-2-4-6-10/h2-6H,7-9H2,1H3,(H,15,16,18). The molecule has 19 heavy (non-hydrogen) atoms. The van der Waals surface area contributed by atoms with Crippen LogP contribution in [0.2, 0.25) is 0 Å². The van der Waals surface area contributed by atoms with Gasteiger partial charge in [0.2, 0.25) is 0 Å². The highest BCUT2D eigenvalue weighted by molar-refractivity contribution is 7.98. The number of hydrogen-bond donors (Lipinski definition) is 1. The van der Waals surface area contributed by atoms with Gasteiger partial charge in [-0.3, -0.25) is 9.69 Å². The van der Waals surface area contributed by atoms with Crippen molar-refractivity contribution in [1.29, 1.82) is 0 Å². The average molecular weight is 273 g/mol. The number of H-pyrrole nitrogens is 1. The van der Waals surface area contributed by atoms with Crippen molar-refractivity contribution < 1.29 is 0 Å². The van der Waals surface area contributed by atoms with Crippen LogP contribution < -0.4 is 5.56 Å². The normalized spacial score (nSPS) is 14.6. The second-order valence-electron chi connectivity index (χ2n) is 4.63. The third-order valence-electron chi connectivity index (χ3n) is 3.28. The fourth-order valence-corrected chi connectivity index (χ4v) is 2.75. The van der Waals surface area contributed by atoms with Crippen molar-refractivity contribution in [1.82, 2.24) is 14.9 Å². The molecule has 0 atom stereocenters. The quantitative estimate of drug-likeness (QED) is 0.686. The molecule has 0 amide bonds. The van der Waals surface area contributed by atoms with E-state index in [-0.39, 0.29) is 5.56 Å².